The molecule has 0 spiro atoms. The third-order valence-corrected chi connectivity index (χ3v) is 2.57. The molecule has 0 N–H and O–H groups in total. The Kier molecular flexibility index (Phi) is 4.39. The van der Waals surface area contributed by atoms with Crippen molar-refractivity contribution in [1.82, 2.24) is 4.90 Å². The van der Waals surface area contributed by atoms with Crippen LogP contribution in [0, 0.1) is 23.0 Å². The topological polar surface area (TPSA) is 27.0 Å². The minimum atomic E-state index is -0.447. The summed E-state index contributed by atoms with van der Waals surface area (Å²) in [6, 6.07) is 5.47. The first-order valence-corrected chi connectivity index (χ1v) is 5.05. The van der Waals surface area contributed by atoms with Crippen LogP contribution in [0.5, 0.6) is 0 Å². The predicted molar refractivity (Wildman–Crippen MR) is 57.5 cm³/mol. The molecule has 2 nitrogen and oxygen atoms in total. The number of benzene rings is 1. The van der Waals surface area contributed by atoms with Gasteiger partial charge in [-0.2, -0.15) is 5.26 Å². The molecule has 0 amide bonds. The van der Waals surface area contributed by atoms with Gasteiger partial charge in [0.05, 0.1) is 12.5 Å². The van der Waals surface area contributed by atoms with E-state index in [1.807, 2.05) is 11.8 Å². The molecule has 86 valence electrons. The summed E-state index contributed by atoms with van der Waals surface area (Å²) in [5.74, 6) is -0.866. The fourth-order valence-corrected chi connectivity index (χ4v) is 1.38. The largest absolute Gasteiger partial charge is 0.298 e. The van der Waals surface area contributed by atoms with Gasteiger partial charge in [0.1, 0.15) is 11.6 Å². The molecule has 0 radical (unpaired) electrons. The zero-order chi connectivity index (χ0) is 12.1. The monoisotopic (exact) mass is 224 g/mol. The number of nitriles is 1. The Morgan fingerprint density at radius 1 is 1.44 bits per heavy atom. The standard InChI is InChI=1S/C12H14F2N2/c1-9(5-6-15)16(2)8-10-7-11(13)3-4-12(10)14/h3-4,7,9H,5,8H2,1-2H3. The Morgan fingerprint density at radius 2 is 2.12 bits per heavy atom. The maximum atomic E-state index is 13.3. The van der Waals surface area contributed by atoms with Crippen LogP contribution in [0.4, 0.5) is 8.78 Å². The Labute approximate surface area is 94.1 Å². The van der Waals surface area contributed by atoms with Crippen LogP contribution in [0.25, 0.3) is 0 Å². The second kappa shape index (κ2) is 5.57. The molecule has 1 atom stereocenters. The summed E-state index contributed by atoms with van der Waals surface area (Å²) in [5.41, 5.74) is 0.312. The normalized spacial score (nSPS) is 12.5. The van der Waals surface area contributed by atoms with E-state index in [1.54, 1.807) is 7.05 Å². The molecule has 0 aromatic heterocycles. The van der Waals surface area contributed by atoms with Crippen LogP contribution in [0.3, 0.4) is 0 Å². The minimum absolute atomic E-state index is 0.0210. The van der Waals surface area contributed by atoms with Crippen LogP contribution < -0.4 is 0 Å². The summed E-state index contributed by atoms with van der Waals surface area (Å²) in [5, 5.41) is 8.54. The molecule has 1 unspecified atom stereocenters. The van der Waals surface area contributed by atoms with Crippen molar-refractivity contribution in [1.29, 1.82) is 5.26 Å². The van der Waals surface area contributed by atoms with Crippen LogP contribution in [0.2, 0.25) is 0 Å². The summed E-state index contributed by atoms with van der Waals surface area (Å²) in [4.78, 5) is 1.82. The van der Waals surface area contributed by atoms with Gasteiger partial charge in [0.25, 0.3) is 0 Å². The highest BCUT2D eigenvalue weighted by Gasteiger charge is 2.12. The van der Waals surface area contributed by atoms with E-state index in [-0.39, 0.29) is 6.04 Å². The van der Waals surface area contributed by atoms with Gasteiger partial charge in [-0.15, -0.1) is 0 Å². The van der Waals surface area contributed by atoms with E-state index in [4.69, 9.17) is 5.26 Å². The van der Waals surface area contributed by atoms with Crippen LogP contribution in [0.1, 0.15) is 18.9 Å². The molecule has 0 bridgehead atoms. The Morgan fingerprint density at radius 3 is 2.75 bits per heavy atom. The van der Waals surface area contributed by atoms with Crippen molar-refractivity contribution in [2.75, 3.05) is 7.05 Å². The summed E-state index contributed by atoms with van der Waals surface area (Å²) in [6.07, 6.45) is 0.368. The van der Waals surface area contributed by atoms with Crippen molar-refractivity contribution in [3.63, 3.8) is 0 Å². The Hall–Kier alpha value is -1.47. The molecule has 1 rings (SSSR count). The second-order valence-corrected chi connectivity index (χ2v) is 3.86. The highest BCUT2D eigenvalue weighted by atomic mass is 19.1. The van der Waals surface area contributed by atoms with Crippen LogP contribution in [-0.4, -0.2) is 18.0 Å². The molecule has 1 aromatic rings. The lowest BCUT2D eigenvalue weighted by molar-refractivity contribution is 0.248. The number of halogens is 2. The lowest BCUT2D eigenvalue weighted by Crippen LogP contribution is -2.28. The predicted octanol–water partition coefficient (Wildman–Crippen LogP) is 2.70. The molecule has 1 aromatic carbocycles. The molecule has 0 aliphatic carbocycles. The van der Waals surface area contributed by atoms with Gasteiger partial charge < -0.3 is 0 Å². The van der Waals surface area contributed by atoms with Gasteiger partial charge in [0, 0.05) is 18.2 Å². The molecule has 0 aliphatic rings. The fourth-order valence-electron chi connectivity index (χ4n) is 1.38. The van der Waals surface area contributed by atoms with Crippen molar-refractivity contribution < 1.29 is 8.78 Å². The van der Waals surface area contributed by atoms with Crippen molar-refractivity contribution >= 4 is 0 Å². The van der Waals surface area contributed by atoms with Crippen molar-refractivity contribution in [3.8, 4) is 6.07 Å². The quantitative estimate of drug-likeness (QED) is 0.786. The van der Waals surface area contributed by atoms with Crippen molar-refractivity contribution in [2.24, 2.45) is 0 Å². The zero-order valence-corrected chi connectivity index (χ0v) is 9.37. The van der Waals surface area contributed by atoms with Gasteiger partial charge in [-0.3, -0.25) is 4.90 Å². The molecule has 0 aliphatic heterocycles. The van der Waals surface area contributed by atoms with E-state index in [9.17, 15) is 8.78 Å². The first-order chi connectivity index (χ1) is 7.54. The fraction of sp³-hybridized carbons (Fsp3) is 0.417. The molecule has 16 heavy (non-hydrogen) atoms. The van der Waals surface area contributed by atoms with Gasteiger partial charge in [-0.05, 0) is 32.2 Å². The lowest BCUT2D eigenvalue weighted by Gasteiger charge is -2.22. The van der Waals surface area contributed by atoms with Gasteiger partial charge in [-0.25, -0.2) is 8.78 Å². The zero-order valence-electron chi connectivity index (χ0n) is 9.37. The Bertz CT molecular complexity index is 398. The van der Waals surface area contributed by atoms with Crippen molar-refractivity contribution in [2.45, 2.75) is 25.9 Å². The smallest absolute Gasteiger partial charge is 0.127 e. The molecule has 0 fully saturated rings. The van der Waals surface area contributed by atoms with E-state index in [1.165, 1.54) is 6.07 Å². The summed E-state index contributed by atoms with van der Waals surface area (Å²) >= 11 is 0. The van der Waals surface area contributed by atoms with E-state index >= 15 is 0 Å². The van der Waals surface area contributed by atoms with Gasteiger partial charge in [-0.1, -0.05) is 0 Å². The van der Waals surface area contributed by atoms with E-state index in [0.29, 0.717) is 18.5 Å². The van der Waals surface area contributed by atoms with E-state index in [2.05, 4.69) is 6.07 Å². The van der Waals surface area contributed by atoms with Crippen LogP contribution in [0.15, 0.2) is 18.2 Å². The molecular formula is C12H14F2N2. The molecule has 0 saturated heterocycles. The maximum Gasteiger partial charge on any atom is 0.127 e. The SMILES string of the molecule is CC(CC#N)N(C)Cc1cc(F)ccc1F. The molecule has 4 heteroatoms. The van der Waals surface area contributed by atoms with Gasteiger partial charge in [0.2, 0.25) is 0 Å². The Balaban J connectivity index is 2.73. The highest BCUT2D eigenvalue weighted by Crippen LogP contribution is 2.13. The maximum absolute atomic E-state index is 13.3. The van der Waals surface area contributed by atoms with Gasteiger partial charge >= 0.3 is 0 Å². The summed E-state index contributed by atoms with van der Waals surface area (Å²) < 4.78 is 26.2. The lowest BCUT2D eigenvalue weighted by atomic mass is 10.1. The highest BCUT2D eigenvalue weighted by molar-refractivity contribution is 5.18. The number of hydrogen-bond acceptors (Lipinski definition) is 2. The van der Waals surface area contributed by atoms with Crippen LogP contribution in [-0.2, 0) is 6.54 Å². The van der Waals surface area contributed by atoms with E-state index < -0.39 is 11.6 Å². The summed E-state index contributed by atoms with van der Waals surface area (Å²) in [6.45, 7) is 2.17. The average molecular weight is 224 g/mol. The first kappa shape index (κ1) is 12.6. The molecular weight excluding hydrogens is 210 g/mol. The summed E-state index contributed by atoms with van der Waals surface area (Å²) in [7, 11) is 1.78. The third-order valence-electron chi connectivity index (χ3n) is 2.57. The van der Waals surface area contributed by atoms with Gasteiger partial charge in [0.15, 0.2) is 0 Å². The molecule has 0 saturated carbocycles. The molecule has 0 heterocycles. The average Bonchev–Trinajstić information content (AvgIpc) is 2.23. The number of rotatable bonds is 4. The van der Waals surface area contributed by atoms with Crippen LogP contribution >= 0.6 is 0 Å². The van der Waals surface area contributed by atoms with Crippen molar-refractivity contribution in [3.05, 3.63) is 35.4 Å². The minimum Gasteiger partial charge on any atom is -0.298 e. The third kappa shape index (κ3) is 3.28. The number of nitrogens with zero attached hydrogens (tertiary/aromatic N) is 2. The number of hydrogen-bond donors (Lipinski definition) is 0. The second-order valence-electron chi connectivity index (χ2n) is 3.86. The van der Waals surface area contributed by atoms with E-state index in [0.717, 1.165) is 12.1 Å². The first-order valence-electron chi connectivity index (χ1n) is 5.05.